The van der Waals surface area contributed by atoms with Crippen molar-refractivity contribution in [3.63, 3.8) is 0 Å². The summed E-state index contributed by atoms with van der Waals surface area (Å²) >= 11 is 0. The lowest BCUT2D eigenvalue weighted by molar-refractivity contribution is 0.0764. The first-order valence-electron chi connectivity index (χ1n) is 11.6. The van der Waals surface area contributed by atoms with Crippen molar-refractivity contribution in [2.75, 3.05) is 26.2 Å². The molecule has 1 N–H and O–H groups in total. The molecule has 180 valence electrons. The molecule has 2 amide bonds. The number of amides is 2. The van der Waals surface area contributed by atoms with Crippen molar-refractivity contribution in [3.05, 3.63) is 53.1 Å². The number of hydrogen-bond donors (Lipinski definition) is 1. The number of nitrogens with one attached hydrogen (secondary N) is 1. The minimum atomic E-state index is -0.381. The molecule has 2 aliphatic rings. The first-order valence-corrected chi connectivity index (χ1v) is 11.6. The number of likely N-dealkylation sites (tertiary alicyclic amines) is 2. The van der Waals surface area contributed by atoms with Gasteiger partial charge in [0.15, 0.2) is 0 Å². The van der Waals surface area contributed by atoms with E-state index in [4.69, 9.17) is 14.7 Å². The smallest absolute Gasteiger partial charge is 0.410 e. The van der Waals surface area contributed by atoms with Gasteiger partial charge in [0.05, 0.1) is 17.7 Å². The molecule has 2 aliphatic heterocycles. The van der Waals surface area contributed by atoms with Crippen molar-refractivity contribution < 1.29 is 19.1 Å². The van der Waals surface area contributed by atoms with Crippen LogP contribution in [-0.2, 0) is 11.3 Å². The van der Waals surface area contributed by atoms with Crippen LogP contribution in [0.5, 0.6) is 5.75 Å². The van der Waals surface area contributed by atoms with Crippen molar-refractivity contribution in [2.24, 2.45) is 11.8 Å². The maximum Gasteiger partial charge on any atom is 0.410 e. The van der Waals surface area contributed by atoms with E-state index in [1.54, 1.807) is 41.3 Å². The number of nitrogens with zero attached hydrogens (tertiary/aromatic N) is 5. The first-order chi connectivity index (χ1) is 16.9. The van der Waals surface area contributed by atoms with Gasteiger partial charge < -0.3 is 19.3 Å². The predicted molar refractivity (Wildman–Crippen MR) is 125 cm³/mol. The Morgan fingerprint density at radius 1 is 1.06 bits per heavy atom. The van der Waals surface area contributed by atoms with Crippen LogP contribution in [0.25, 0.3) is 11.0 Å². The molecule has 2 atom stereocenters. The maximum atomic E-state index is 13.0. The minimum absolute atomic E-state index is 0.0306. The topological polar surface area (TPSA) is 124 Å². The highest BCUT2D eigenvalue weighted by Gasteiger charge is 2.43. The molecule has 0 bridgehead atoms. The summed E-state index contributed by atoms with van der Waals surface area (Å²) in [4.78, 5) is 29.3. The van der Waals surface area contributed by atoms with Gasteiger partial charge in [-0.25, -0.2) is 4.79 Å². The van der Waals surface area contributed by atoms with E-state index in [1.165, 1.54) is 0 Å². The van der Waals surface area contributed by atoms with Crippen LogP contribution in [0.15, 0.2) is 36.4 Å². The van der Waals surface area contributed by atoms with E-state index >= 15 is 0 Å². The molecular formula is C25H26N6O4. The molecule has 35 heavy (non-hydrogen) atoms. The second-order valence-electron chi connectivity index (χ2n) is 9.32. The summed E-state index contributed by atoms with van der Waals surface area (Å²) in [6, 6.07) is 12.5. The van der Waals surface area contributed by atoms with Gasteiger partial charge in [0, 0.05) is 49.1 Å². The zero-order chi connectivity index (χ0) is 24.5. The van der Waals surface area contributed by atoms with Gasteiger partial charge in [-0.15, -0.1) is 0 Å². The number of ether oxygens (including phenoxy) is 2. The summed E-state index contributed by atoms with van der Waals surface area (Å²) in [6.45, 7) is 6.18. The highest BCUT2D eigenvalue weighted by atomic mass is 16.6. The van der Waals surface area contributed by atoms with Crippen LogP contribution in [0, 0.1) is 23.2 Å². The van der Waals surface area contributed by atoms with Crippen LogP contribution in [-0.4, -0.2) is 69.5 Å². The molecule has 3 aromatic rings. The van der Waals surface area contributed by atoms with E-state index in [9.17, 15) is 9.59 Å². The molecule has 5 rings (SSSR count). The standard InChI is InChI=1S/C25H26N6O4/c1-15(2)35-23-7-16(9-26)3-4-18(23)14-34-25(33)31-12-19-10-30(11-20(19)13-31)24(32)17-5-6-21-22(8-17)28-29-27-21/h3-8,15,19-20H,10-14H2,1-2H3,(H,27,28,29). The third-order valence-electron chi connectivity index (χ3n) is 6.51. The van der Waals surface area contributed by atoms with Crippen molar-refractivity contribution in [1.29, 1.82) is 5.26 Å². The molecule has 0 spiro atoms. The molecule has 10 heteroatoms. The second kappa shape index (κ2) is 9.25. The Morgan fingerprint density at radius 2 is 1.77 bits per heavy atom. The number of benzene rings is 2. The van der Waals surface area contributed by atoms with Gasteiger partial charge in [-0.2, -0.15) is 20.7 Å². The summed E-state index contributed by atoms with van der Waals surface area (Å²) in [5.74, 6) is 0.953. The van der Waals surface area contributed by atoms with Gasteiger partial charge in [-0.05, 0) is 44.2 Å². The Hall–Kier alpha value is -4.13. The van der Waals surface area contributed by atoms with Crippen LogP contribution < -0.4 is 4.74 Å². The number of nitriles is 1. The fourth-order valence-electron chi connectivity index (χ4n) is 4.80. The number of carbonyl (C=O) groups is 2. The zero-order valence-electron chi connectivity index (χ0n) is 19.6. The van der Waals surface area contributed by atoms with Crippen LogP contribution in [0.1, 0.15) is 35.3 Å². The highest BCUT2D eigenvalue weighted by molar-refractivity contribution is 5.97. The lowest BCUT2D eigenvalue weighted by Gasteiger charge is -2.22. The van der Waals surface area contributed by atoms with Crippen LogP contribution in [0.4, 0.5) is 4.79 Å². The van der Waals surface area contributed by atoms with Crippen molar-refractivity contribution >= 4 is 23.0 Å². The molecular weight excluding hydrogens is 448 g/mol. The predicted octanol–water partition coefficient (Wildman–Crippen LogP) is 2.96. The summed E-state index contributed by atoms with van der Waals surface area (Å²) in [5, 5.41) is 19.8. The average molecular weight is 475 g/mol. The quantitative estimate of drug-likeness (QED) is 0.603. The van der Waals surface area contributed by atoms with E-state index < -0.39 is 0 Å². The van der Waals surface area contributed by atoms with Crippen LogP contribution in [0.3, 0.4) is 0 Å². The maximum absolute atomic E-state index is 13.0. The van der Waals surface area contributed by atoms with Gasteiger partial charge >= 0.3 is 6.09 Å². The van der Waals surface area contributed by atoms with E-state index in [2.05, 4.69) is 21.5 Å². The van der Waals surface area contributed by atoms with Crippen molar-refractivity contribution in [1.82, 2.24) is 25.2 Å². The average Bonchev–Trinajstić information content (AvgIpc) is 3.56. The van der Waals surface area contributed by atoms with Gasteiger partial charge in [0.25, 0.3) is 5.91 Å². The molecule has 3 heterocycles. The largest absolute Gasteiger partial charge is 0.491 e. The van der Waals surface area contributed by atoms with Crippen LogP contribution >= 0.6 is 0 Å². The number of aromatic amines is 1. The lowest BCUT2D eigenvalue weighted by Crippen LogP contribution is -2.35. The van der Waals surface area contributed by atoms with Gasteiger partial charge in [0.1, 0.15) is 23.4 Å². The van der Waals surface area contributed by atoms with E-state index in [1.807, 2.05) is 18.7 Å². The minimum Gasteiger partial charge on any atom is -0.491 e. The third kappa shape index (κ3) is 4.62. The van der Waals surface area contributed by atoms with Gasteiger partial charge in [-0.3, -0.25) is 4.79 Å². The fourth-order valence-corrected chi connectivity index (χ4v) is 4.80. The Labute approximate surface area is 202 Å². The molecule has 0 radical (unpaired) electrons. The van der Waals surface area contributed by atoms with E-state index in [0.717, 1.165) is 5.52 Å². The summed E-state index contributed by atoms with van der Waals surface area (Å²) in [6.07, 6.45) is -0.450. The molecule has 0 saturated carbocycles. The fraction of sp³-hybridized carbons (Fsp3) is 0.400. The normalized spacial score (nSPS) is 19.1. The number of H-pyrrole nitrogens is 1. The Bertz CT molecular complexity index is 1300. The zero-order valence-corrected chi connectivity index (χ0v) is 19.6. The van der Waals surface area contributed by atoms with E-state index in [-0.39, 0.29) is 36.5 Å². The highest BCUT2D eigenvalue weighted by Crippen LogP contribution is 2.33. The molecule has 1 aromatic heterocycles. The summed E-state index contributed by atoms with van der Waals surface area (Å²) in [7, 11) is 0. The third-order valence-corrected chi connectivity index (χ3v) is 6.51. The molecule has 2 aromatic carbocycles. The number of fused-ring (bicyclic) bond motifs is 2. The molecule has 10 nitrogen and oxygen atoms in total. The lowest BCUT2D eigenvalue weighted by atomic mass is 10.0. The Balaban J connectivity index is 1.16. The number of aromatic nitrogens is 3. The van der Waals surface area contributed by atoms with E-state index in [0.29, 0.717) is 54.1 Å². The molecule has 0 aliphatic carbocycles. The van der Waals surface area contributed by atoms with Gasteiger partial charge in [-0.1, -0.05) is 6.07 Å². The monoisotopic (exact) mass is 474 g/mol. The molecule has 2 unspecified atom stereocenters. The number of hydrogen-bond acceptors (Lipinski definition) is 7. The van der Waals surface area contributed by atoms with Gasteiger partial charge in [0.2, 0.25) is 0 Å². The van der Waals surface area contributed by atoms with Crippen molar-refractivity contribution in [3.8, 4) is 11.8 Å². The number of carbonyl (C=O) groups excluding carboxylic acids is 2. The summed E-state index contributed by atoms with van der Waals surface area (Å²) < 4.78 is 11.4. The van der Waals surface area contributed by atoms with Crippen molar-refractivity contribution in [2.45, 2.75) is 26.6 Å². The molecule has 2 saturated heterocycles. The van der Waals surface area contributed by atoms with Crippen LogP contribution in [0.2, 0.25) is 0 Å². The summed E-state index contributed by atoms with van der Waals surface area (Å²) in [5.41, 5.74) is 3.17. The number of rotatable bonds is 5. The Kier molecular flexibility index (Phi) is 5.99. The Morgan fingerprint density at radius 3 is 2.49 bits per heavy atom. The molecule has 2 fully saturated rings. The first kappa shape index (κ1) is 22.7. The second-order valence-corrected chi connectivity index (χ2v) is 9.32. The SMILES string of the molecule is CC(C)Oc1cc(C#N)ccc1COC(=O)N1CC2CN(C(=O)c3ccc4n[nH]nc4c3)CC2C1.